The molecular weight excluding hydrogens is 172 g/mol. The highest BCUT2D eigenvalue weighted by Crippen LogP contribution is 2.21. The van der Waals surface area contributed by atoms with Crippen molar-refractivity contribution in [3.63, 3.8) is 0 Å². The van der Waals surface area contributed by atoms with Gasteiger partial charge in [-0.2, -0.15) is 0 Å². The van der Waals surface area contributed by atoms with Gasteiger partial charge in [-0.25, -0.2) is 0 Å². The van der Waals surface area contributed by atoms with E-state index in [4.69, 9.17) is 0 Å². The molecule has 0 aliphatic carbocycles. The molecule has 1 saturated heterocycles. The van der Waals surface area contributed by atoms with Crippen molar-refractivity contribution in [3.05, 3.63) is 36.0 Å². The summed E-state index contributed by atoms with van der Waals surface area (Å²) in [6, 6.07) is 8.51. The van der Waals surface area contributed by atoms with Gasteiger partial charge in [-0.1, -0.05) is 18.2 Å². The molecule has 3 rings (SSSR count). The van der Waals surface area contributed by atoms with Crippen LogP contribution in [0.15, 0.2) is 30.5 Å². The molecule has 1 aromatic carbocycles. The van der Waals surface area contributed by atoms with Crippen molar-refractivity contribution in [2.45, 2.75) is 13.0 Å². The van der Waals surface area contributed by atoms with Gasteiger partial charge in [0.05, 0.1) is 0 Å². The third kappa shape index (κ3) is 1.23. The van der Waals surface area contributed by atoms with Crippen molar-refractivity contribution in [2.24, 2.45) is 0 Å². The lowest BCUT2D eigenvalue weighted by molar-refractivity contribution is 0.173. The van der Waals surface area contributed by atoms with Crippen LogP contribution in [-0.2, 0) is 6.54 Å². The average molecular weight is 186 g/mol. The predicted molar refractivity (Wildman–Crippen MR) is 58.2 cm³/mol. The van der Waals surface area contributed by atoms with Gasteiger partial charge in [0.2, 0.25) is 0 Å². The average Bonchev–Trinajstić information content (AvgIpc) is 2.55. The molecule has 2 heteroatoms. The molecule has 0 spiro atoms. The van der Waals surface area contributed by atoms with Crippen molar-refractivity contribution >= 4 is 10.9 Å². The number of nitrogens with one attached hydrogen (secondary N) is 1. The van der Waals surface area contributed by atoms with E-state index >= 15 is 0 Å². The first-order chi connectivity index (χ1) is 6.93. The van der Waals surface area contributed by atoms with E-state index in [1.54, 1.807) is 0 Å². The van der Waals surface area contributed by atoms with E-state index in [1.807, 2.05) is 0 Å². The molecule has 0 atom stereocenters. The summed E-state index contributed by atoms with van der Waals surface area (Å²) in [4.78, 5) is 5.80. The van der Waals surface area contributed by atoms with Gasteiger partial charge >= 0.3 is 0 Å². The second-order valence-electron chi connectivity index (χ2n) is 3.99. The van der Waals surface area contributed by atoms with Crippen LogP contribution in [0.5, 0.6) is 0 Å². The first-order valence-corrected chi connectivity index (χ1v) is 5.21. The summed E-state index contributed by atoms with van der Waals surface area (Å²) in [5, 5.41) is 1.37. The van der Waals surface area contributed by atoms with Crippen LogP contribution in [0.1, 0.15) is 12.0 Å². The number of H-pyrrole nitrogens is 1. The standard InChI is InChI=1S/C12H14N2/c1-2-5-12-11(4-1)10(8-13-12)9-14-6-3-7-14/h1-2,4-5,8,13H,3,6-7,9H2. The molecule has 14 heavy (non-hydrogen) atoms. The van der Waals surface area contributed by atoms with Crippen LogP contribution in [0.25, 0.3) is 10.9 Å². The van der Waals surface area contributed by atoms with Gasteiger partial charge in [0.25, 0.3) is 0 Å². The smallest absolute Gasteiger partial charge is 0.0457 e. The van der Waals surface area contributed by atoms with Crippen molar-refractivity contribution in [1.29, 1.82) is 0 Å². The molecule has 2 aromatic rings. The van der Waals surface area contributed by atoms with E-state index in [0.29, 0.717) is 0 Å². The molecular formula is C12H14N2. The third-order valence-electron chi connectivity index (χ3n) is 3.02. The van der Waals surface area contributed by atoms with Crippen LogP contribution < -0.4 is 0 Å². The third-order valence-corrected chi connectivity index (χ3v) is 3.02. The zero-order valence-electron chi connectivity index (χ0n) is 8.16. The highest BCUT2D eigenvalue weighted by atomic mass is 15.2. The Bertz CT molecular complexity index is 440. The molecule has 1 aliphatic heterocycles. The minimum Gasteiger partial charge on any atom is -0.361 e. The van der Waals surface area contributed by atoms with Gasteiger partial charge < -0.3 is 4.98 Å². The first kappa shape index (κ1) is 8.06. The summed E-state index contributed by atoms with van der Waals surface area (Å²) in [5.41, 5.74) is 2.68. The fourth-order valence-corrected chi connectivity index (χ4v) is 2.04. The lowest BCUT2D eigenvalue weighted by Crippen LogP contribution is -2.36. The number of aromatic nitrogens is 1. The molecule has 0 bridgehead atoms. The van der Waals surface area contributed by atoms with Gasteiger partial charge in [0.1, 0.15) is 0 Å². The van der Waals surface area contributed by atoms with Crippen LogP contribution >= 0.6 is 0 Å². The van der Waals surface area contributed by atoms with Crippen molar-refractivity contribution < 1.29 is 0 Å². The van der Waals surface area contributed by atoms with Crippen LogP contribution in [0.4, 0.5) is 0 Å². The highest BCUT2D eigenvalue weighted by Gasteiger charge is 2.15. The van der Waals surface area contributed by atoms with E-state index in [1.165, 1.54) is 36.0 Å². The normalized spacial score (nSPS) is 17.1. The molecule has 1 fully saturated rings. The highest BCUT2D eigenvalue weighted by molar-refractivity contribution is 5.82. The number of rotatable bonds is 2. The maximum absolute atomic E-state index is 3.32. The quantitative estimate of drug-likeness (QED) is 0.763. The van der Waals surface area contributed by atoms with Gasteiger partial charge in [0.15, 0.2) is 0 Å². The van der Waals surface area contributed by atoms with Crippen LogP contribution in [0.3, 0.4) is 0 Å². The Morgan fingerprint density at radius 2 is 2.07 bits per heavy atom. The molecule has 0 saturated carbocycles. The molecule has 72 valence electrons. The molecule has 1 aromatic heterocycles. The molecule has 0 unspecified atom stereocenters. The predicted octanol–water partition coefficient (Wildman–Crippen LogP) is 2.37. The van der Waals surface area contributed by atoms with E-state index in [-0.39, 0.29) is 0 Å². The number of nitrogens with zero attached hydrogens (tertiary/aromatic N) is 1. The van der Waals surface area contributed by atoms with Crippen molar-refractivity contribution in [1.82, 2.24) is 9.88 Å². The van der Waals surface area contributed by atoms with E-state index in [2.05, 4.69) is 40.3 Å². The summed E-state index contributed by atoms with van der Waals surface area (Å²) in [6.07, 6.45) is 3.51. The topological polar surface area (TPSA) is 19.0 Å². The van der Waals surface area contributed by atoms with E-state index in [0.717, 1.165) is 6.54 Å². The number of benzene rings is 1. The lowest BCUT2D eigenvalue weighted by Gasteiger charge is -2.30. The fraction of sp³-hybridized carbons (Fsp3) is 0.333. The van der Waals surface area contributed by atoms with Gasteiger partial charge in [-0.15, -0.1) is 0 Å². The number of para-hydroxylation sites is 1. The first-order valence-electron chi connectivity index (χ1n) is 5.21. The van der Waals surface area contributed by atoms with Gasteiger partial charge in [-0.3, -0.25) is 4.90 Å². The molecule has 0 amide bonds. The lowest BCUT2D eigenvalue weighted by atomic mass is 10.1. The zero-order chi connectivity index (χ0) is 9.38. The van der Waals surface area contributed by atoms with E-state index < -0.39 is 0 Å². The second kappa shape index (κ2) is 3.14. The summed E-state index contributed by atoms with van der Waals surface area (Å²) in [7, 11) is 0. The number of fused-ring (bicyclic) bond motifs is 1. The Kier molecular flexibility index (Phi) is 1.81. The summed E-state index contributed by atoms with van der Waals surface area (Å²) in [6.45, 7) is 3.63. The minimum atomic E-state index is 1.10. The Labute approximate surface area is 83.5 Å². The maximum atomic E-state index is 3.32. The van der Waals surface area contributed by atoms with Crippen molar-refractivity contribution in [2.75, 3.05) is 13.1 Å². The molecule has 0 radical (unpaired) electrons. The zero-order valence-corrected chi connectivity index (χ0v) is 8.16. The Hall–Kier alpha value is -1.28. The van der Waals surface area contributed by atoms with E-state index in [9.17, 15) is 0 Å². The molecule has 2 nitrogen and oxygen atoms in total. The maximum Gasteiger partial charge on any atom is 0.0457 e. The Morgan fingerprint density at radius 3 is 2.86 bits per heavy atom. The Morgan fingerprint density at radius 1 is 1.21 bits per heavy atom. The summed E-state index contributed by atoms with van der Waals surface area (Å²) >= 11 is 0. The van der Waals surface area contributed by atoms with Gasteiger partial charge in [0, 0.05) is 23.6 Å². The SMILES string of the molecule is c1ccc2c(CN3CCC3)c[nH]c2c1. The van der Waals surface area contributed by atoms with Crippen LogP contribution in [0.2, 0.25) is 0 Å². The van der Waals surface area contributed by atoms with Crippen molar-refractivity contribution in [3.8, 4) is 0 Å². The summed E-state index contributed by atoms with van der Waals surface area (Å²) < 4.78 is 0. The fourth-order valence-electron chi connectivity index (χ4n) is 2.04. The number of aromatic amines is 1. The number of hydrogen-bond acceptors (Lipinski definition) is 1. The summed E-state index contributed by atoms with van der Waals surface area (Å²) in [5.74, 6) is 0. The van der Waals surface area contributed by atoms with Gasteiger partial charge in [-0.05, 0) is 31.1 Å². The minimum absolute atomic E-state index is 1.10. The second-order valence-corrected chi connectivity index (χ2v) is 3.99. The van der Waals surface area contributed by atoms with Crippen LogP contribution in [-0.4, -0.2) is 23.0 Å². The van der Waals surface area contributed by atoms with Crippen LogP contribution in [0, 0.1) is 0 Å². The monoisotopic (exact) mass is 186 g/mol. The number of hydrogen-bond donors (Lipinski definition) is 1. The molecule has 2 heterocycles. The Balaban J connectivity index is 1.95. The molecule has 1 aliphatic rings. The number of likely N-dealkylation sites (tertiary alicyclic amines) is 1. The molecule has 1 N–H and O–H groups in total. The largest absolute Gasteiger partial charge is 0.361 e.